The Labute approximate surface area is 119 Å². The molecule has 2 heterocycles. The first-order chi connectivity index (χ1) is 9.47. The molecule has 0 radical (unpaired) electrons. The number of carboxylic acid groups (broad SMARTS) is 1. The predicted octanol–water partition coefficient (Wildman–Crippen LogP) is -0.609. The number of halogens is 3. The molecule has 0 spiro atoms. The number of nitrogens with two attached hydrogens (primary N) is 1. The molecule has 8 nitrogen and oxygen atoms in total. The number of rotatable bonds is 3. The first kappa shape index (κ1) is 15.9. The molecule has 2 aliphatic rings. The number of hydrogen-bond donors (Lipinski definition) is 2. The molecule has 0 saturated carbocycles. The lowest BCUT2D eigenvalue weighted by Gasteiger charge is -2.47. The van der Waals surface area contributed by atoms with Gasteiger partial charge >= 0.3 is 21.6 Å². The van der Waals surface area contributed by atoms with Crippen molar-refractivity contribution in [1.82, 2.24) is 4.90 Å². The second kappa shape index (κ2) is 4.78. The molecule has 0 aromatic heterocycles. The summed E-state index contributed by atoms with van der Waals surface area (Å²) in [5.41, 5.74) is -1.24. The summed E-state index contributed by atoms with van der Waals surface area (Å²) < 4.78 is 62.5. The summed E-state index contributed by atoms with van der Waals surface area (Å²) in [5, 5.41) is 8.20. The molecule has 0 aromatic carbocycles. The lowest BCUT2D eigenvalue weighted by Crippen LogP contribution is -2.68. The smallest absolute Gasteiger partial charge is 0.476 e. The van der Waals surface area contributed by atoms with Crippen LogP contribution in [0.15, 0.2) is 11.5 Å². The lowest BCUT2D eigenvalue weighted by atomic mass is 10.1. The summed E-state index contributed by atoms with van der Waals surface area (Å²) in [6.45, 7) is 0. The third kappa shape index (κ3) is 2.44. The minimum absolute atomic E-state index is 0.473. The van der Waals surface area contributed by atoms with E-state index in [9.17, 15) is 31.2 Å². The first-order valence-corrected chi connectivity index (χ1v) is 7.60. The van der Waals surface area contributed by atoms with Gasteiger partial charge in [-0.15, -0.1) is 11.8 Å². The van der Waals surface area contributed by atoms with Crippen LogP contribution < -0.4 is 5.73 Å². The number of carboxylic acids is 1. The van der Waals surface area contributed by atoms with E-state index >= 15 is 0 Å². The van der Waals surface area contributed by atoms with E-state index in [1.165, 1.54) is 0 Å². The Kier molecular flexibility index (Phi) is 3.62. The maximum atomic E-state index is 12.3. The van der Waals surface area contributed by atoms with Crippen LogP contribution in [-0.2, 0) is 23.9 Å². The molecule has 1 unspecified atom stereocenters. The maximum Gasteiger partial charge on any atom is 0.534 e. The van der Waals surface area contributed by atoms with Gasteiger partial charge in [-0.2, -0.15) is 21.6 Å². The Morgan fingerprint density at radius 3 is 2.52 bits per heavy atom. The molecule has 3 N–H and O–H groups in total. The highest BCUT2D eigenvalue weighted by Gasteiger charge is 2.55. The molecular formula is C8H7F3N2O6S2. The molecule has 0 aliphatic carbocycles. The summed E-state index contributed by atoms with van der Waals surface area (Å²) in [6, 6.07) is -0.995. The quantitative estimate of drug-likeness (QED) is 0.393. The highest BCUT2D eigenvalue weighted by atomic mass is 32.2. The maximum absolute atomic E-state index is 12.3. The Bertz CT molecular complexity index is 643. The Balaban J connectivity index is 2.41. The van der Waals surface area contributed by atoms with Crippen molar-refractivity contribution in [2.75, 3.05) is 5.75 Å². The summed E-state index contributed by atoms with van der Waals surface area (Å²) in [7, 11) is -6.02. The van der Waals surface area contributed by atoms with Crippen LogP contribution in [0.4, 0.5) is 13.2 Å². The number of amides is 1. The fourth-order valence-corrected chi connectivity index (χ4v) is 3.50. The molecule has 1 fully saturated rings. The Hall–Kier alpha value is -1.47. The van der Waals surface area contributed by atoms with Crippen molar-refractivity contribution in [3.8, 4) is 0 Å². The SMILES string of the molecule is NC1C(=O)N2C(C(=O)O)=C(OS(=O)(=O)C(F)(F)F)CS[C@@H]12. The summed E-state index contributed by atoms with van der Waals surface area (Å²) in [5.74, 6) is -4.07. The number of carbonyl (C=O) groups is 2. The molecule has 13 heteroatoms. The zero-order valence-corrected chi connectivity index (χ0v) is 11.5. The van der Waals surface area contributed by atoms with E-state index in [2.05, 4.69) is 4.18 Å². The van der Waals surface area contributed by atoms with Crippen molar-refractivity contribution in [3.63, 3.8) is 0 Å². The van der Waals surface area contributed by atoms with Crippen LogP contribution in [-0.4, -0.2) is 53.0 Å². The number of carbonyl (C=O) groups excluding carboxylic acids is 1. The number of hydrogen-bond acceptors (Lipinski definition) is 7. The van der Waals surface area contributed by atoms with Crippen LogP contribution in [0.5, 0.6) is 0 Å². The van der Waals surface area contributed by atoms with Crippen molar-refractivity contribution >= 4 is 33.8 Å². The Morgan fingerprint density at radius 1 is 1.48 bits per heavy atom. The van der Waals surface area contributed by atoms with Crippen molar-refractivity contribution in [1.29, 1.82) is 0 Å². The van der Waals surface area contributed by atoms with Crippen molar-refractivity contribution in [3.05, 3.63) is 11.5 Å². The fraction of sp³-hybridized carbons (Fsp3) is 0.500. The lowest BCUT2D eigenvalue weighted by molar-refractivity contribution is -0.148. The second-order valence-corrected chi connectivity index (χ2v) is 6.64. The standard InChI is InChI=1S/C8H7F3N2O6S2/c9-8(10,11)21(17,18)19-2-1-20-6-3(12)5(14)13(6)4(2)7(15)16/h3,6H,1,12H2,(H,15,16)/t3?,6-/m0/s1. The van der Waals surface area contributed by atoms with Crippen molar-refractivity contribution in [2.45, 2.75) is 16.9 Å². The van der Waals surface area contributed by atoms with E-state index in [-0.39, 0.29) is 0 Å². The molecule has 0 bridgehead atoms. The van der Waals surface area contributed by atoms with Gasteiger partial charge in [0, 0.05) is 0 Å². The second-order valence-electron chi connectivity index (χ2n) is 4.00. The molecule has 21 heavy (non-hydrogen) atoms. The van der Waals surface area contributed by atoms with Gasteiger partial charge in [0.15, 0.2) is 11.5 Å². The van der Waals surface area contributed by atoms with Gasteiger partial charge in [0.25, 0.3) is 0 Å². The van der Waals surface area contributed by atoms with Crippen LogP contribution in [0.2, 0.25) is 0 Å². The van der Waals surface area contributed by atoms with Crippen molar-refractivity contribution < 1.29 is 40.5 Å². The number of fused-ring (bicyclic) bond motifs is 1. The van der Waals surface area contributed by atoms with Gasteiger partial charge in [0.05, 0.1) is 5.75 Å². The van der Waals surface area contributed by atoms with Gasteiger partial charge in [-0.1, -0.05) is 0 Å². The van der Waals surface area contributed by atoms with Crippen molar-refractivity contribution in [2.24, 2.45) is 5.73 Å². The average Bonchev–Trinajstić information content (AvgIpc) is 2.35. The first-order valence-electron chi connectivity index (χ1n) is 5.15. The highest BCUT2D eigenvalue weighted by molar-refractivity contribution is 8.00. The highest BCUT2D eigenvalue weighted by Crippen LogP contribution is 2.41. The number of aliphatic carboxylic acids is 1. The van der Waals surface area contributed by atoms with Crippen LogP contribution in [0.1, 0.15) is 0 Å². The summed E-state index contributed by atoms with van der Waals surface area (Å²) >= 11 is 0.807. The van der Waals surface area contributed by atoms with Gasteiger partial charge in [0.2, 0.25) is 5.91 Å². The molecular weight excluding hydrogens is 341 g/mol. The van der Waals surface area contributed by atoms with Crippen LogP contribution in [0.25, 0.3) is 0 Å². The summed E-state index contributed by atoms with van der Waals surface area (Å²) in [6.07, 6.45) is 0. The topological polar surface area (TPSA) is 127 Å². The average molecular weight is 348 g/mol. The van der Waals surface area contributed by atoms with E-state index in [0.717, 1.165) is 11.8 Å². The van der Waals surface area contributed by atoms with Gasteiger partial charge < -0.3 is 15.0 Å². The van der Waals surface area contributed by atoms with Gasteiger partial charge in [0.1, 0.15) is 11.4 Å². The predicted molar refractivity (Wildman–Crippen MR) is 61.8 cm³/mol. The molecule has 2 atom stereocenters. The third-order valence-electron chi connectivity index (χ3n) is 2.67. The van der Waals surface area contributed by atoms with Crippen LogP contribution >= 0.6 is 11.8 Å². The van der Waals surface area contributed by atoms with E-state index in [0.29, 0.717) is 4.90 Å². The zero-order valence-electron chi connectivity index (χ0n) is 9.83. The molecule has 0 aromatic rings. The fourth-order valence-electron chi connectivity index (χ4n) is 1.73. The summed E-state index contributed by atoms with van der Waals surface area (Å²) in [4.78, 5) is 23.2. The number of β-lactam (4-membered cyclic amide) rings is 1. The molecule has 1 amide bonds. The molecule has 118 valence electrons. The Morgan fingerprint density at radius 2 is 2.05 bits per heavy atom. The van der Waals surface area contributed by atoms with E-state index in [1.807, 2.05) is 0 Å². The normalized spacial score (nSPS) is 26.3. The minimum atomic E-state index is -6.02. The van der Waals surface area contributed by atoms with E-state index in [1.54, 1.807) is 0 Å². The largest absolute Gasteiger partial charge is 0.534 e. The monoisotopic (exact) mass is 348 g/mol. The van der Waals surface area contributed by atoms with E-state index in [4.69, 9.17) is 10.8 Å². The third-order valence-corrected chi connectivity index (χ3v) is 4.93. The molecule has 2 aliphatic heterocycles. The van der Waals surface area contributed by atoms with Gasteiger partial charge in [-0.3, -0.25) is 9.69 Å². The van der Waals surface area contributed by atoms with Gasteiger partial charge in [-0.25, -0.2) is 4.79 Å². The number of nitrogens with zero attached hydrogens (tertiary/aromatic N) is 1. The van der Waals surface area contributed by atoms with Crippen LogP contribution in [0.3, 0.4) is 0 Å². The van der Waals surface area contributed by atoms with Crippen LogP contribution in [0, 0.1) is 0 Å². The minimum Gasteiger partial charge on any atom is -0.476 e. The number of alkyl halides is 3. The van der Waals surface area contributed by atoms with E-state index < -0.39 is 56.1 Å². The molecule has 2 rings (SSSR count). The number of thioether (sulfide) groups is 1. The zero-order chi connectivity index (χ0) is 16.2. The van der Waals surface area contributed by atoms with Gasteiger partial charge in [-0.05, 0) is 0 Å². The molecule has 1 saturated heterocycles.